The Morgan fingerprint density at radius 2 is 2.07 bits per heavy atom. The number of hydrogen-bond acceptors (Lipinski definition) is 4. The lowest BCUT2D eigenvalue weighted by Crippen LogP contribution is -2.41. The third-order valence-electron chi connectivity index (χ3n) is 2.31. The molecule has 1 saturated heterocycles. The first kappa shape index (κ1) is 12.0. The van der Waals surface area contributed by atoms with Crippen LogP contribution in [-0.4, -0.2) is 42.0 Å². The lowest BCUT2D eigenvalue weighted by atomic mass is 9.94. The molecule has 0 radical (unpaired) electrons. The molecule has 7 heteroatoms. The zero-order valence-electron chi connectivity index (χ0n) is 8.56. The molecule has 0 bridgehead atoms. The molecule has 1 aliphatic heterocycles. The maximum Gasteiger partial charge on any atom is 0.310 e. The number of amides is 1. The smallest absolute Gasteiger partial charge is 0.310 e. The molecule has 1 fully saturated rings. The van der Waals surface area contributed by atoms with E-state index < -0.39 is 27.3 Å². The Hall–Kier alpha value is -1.11. The van der Waals surface area contributed by atoms with Crippen molar-refractivity contribution in [2.45, 2.75) is 20.3 Å². The molecule has 0 saturated carbocycles. The standard InChI is InChI=1S/C8H13NO5S/c1-8(2,7(11)12)5-9-6(10)3-4-15(9,13)14/h3-5H2,1-2H3,(H,11,12). The van der Waals surface area contributed by atoms with Crippen molar-refractivity contribution < 1.29 is 23.1 Å². The quantitative estimate of drug-likeness (QED) is 0.722. The van der Waals surface area contributed by atoms with Gasteiger partial charge in [0.2, 0.25) is 15.9 Å². The lowest BCUT2D eigenvalue weighted by molar-refractivity contribution is -0.147. The molecule has 1 N–H and O–H groups in total. The first-order chi connectivity index (χ1) is 6.67. The molecule has 1 aliphatic rings. The molecule has 0 unspecified atom stereocenters. The third kappa shape index (κ3) is 2.28. The van der Waals surface area contributed by atoms with Crippen LogP contribution in [0.15, 0.2) is 0 Å². The van der Waals surface area contributed by atoms with E-state index in [1.165, 1.54) is 13.8 Å². The van der Waals surface area contributed by atoms with Gasteiger partial charge in [-0.25, -0.2) is 12.7 Å². The van der Waals surface area contributed by atoms with Crippen LogP contribution in [0.3, 0.4) is 0 Å². The van der Waals surface area contributed by atoms with Crippen LogP contribution in [0.5, 0.6) is 0 Å². The van der Waals surface area contributed by atoms with Gasteiger partial charge in [0.05, 0.1) is 17.7 Å². The van der Waals surface area contributed by atoms with Crippen LogP contribution in [0, 0.1) is 5.41 Å². The van der Waals surface area contributed by atoms with Crippen molar-refractivity contribution in [3.63, 3.8) is 0 Å². The summed E-state index contributed by atoms with van der Waals surface area (Å²) < 4.78 is 23.4. The van der Waals surface area contributed by atoms with Crippen molar-refractivity contribution in [2.24, 2.45) is 5.41 Å². The van der Waals surface area contributed by atoms with E-state index >= 15 is 0 Å². The fraction of sp³-hybridized carbons (Fsp3) is 0.750. The second-order valence-electron chi connectivity index (χ2n) is 4.16. The minimum atomic E-state index is -3.58. The van der Waals surface area contributed by atoms with Crippen molar-refractivity contribution >= 4 is 21.9 Å². The summed E-state index contributed by atoms with van der Waals surface area (Å²) in [6.07, 6.45) is -0.0575. The summed E-state index contributed by atoms with van der Waals surface area (Å²) in [7, 11) is -3.58. The van der Waals surface area contributed by atoms with Gasteiger partial charge in [-0.15, -0.1) is 0 Å². The van der Waals surface area contributed by atoms with Crippen LogP contribution >= 0.6 is 0 Å². The van der Waals surface area contributed by atoms with Gasteiger partial charge in [0.25, 0.3) is 0 Å². The Labute approximate surface area is 87.9 Å². The van der Waals surface area contributed by atoms with E-state index in [1.54, 1.807) is 0 Å². The second kappa shape index (κ2) is 3.48. The molecular formula is C8H13NO5S. The summed E-state index contributed by atoms with van der Waals surface area (Å²) in [5, 5.41) is 8.83. The molecular weight excluding hydrogens is 222 g/mol. The number of carbonyl (C=O) groups excluding carboxylic acids is 1. The van der Waals surface area contributed by atoms with Gasteiger partial charge in [-0.2, -0.15) is 0 Å². The van der Waals surface area contributed by atoms with Crippen LogP contribution < -0.4 is 0 Å². The molecule has 1 amide bonds. The average Bonchev–Trinajstić information content (AvgIpc) is 2.31. The monoisotopic (exact) mass is 235 g/mol. The molecule has 0 atom stereocenters. The molecule has 15 heavy (non-hydrogen) atoms. The number of carboxylic acids is 1. The predicted octanol–water partition coefficient (Wildman–Crippen LogP) is -0.341. The van der Waals surface area contributed by atoms with Crippen LogP contribution in [0.2, 0.25) is 0 Å². The van der Waals surface area contributed by atoms with Gasteiger partial charge in [0.15, 0.2) is 0 Å². The highest BCUT2D eigenvalue weighted by atomic mass is 32.2. The van der Waals surface area contributed by atoms with Crippen LogP contribution in [0.4, 0.5) is 0 Å². The first-order valence-electron chi connectivity index (χ1n) is 4.43. The summed E-state index contributed by atoms with van der Waals surface area (Å²) in [6.45, 7) is 2.47. The van der Waals surface area contributed by atoms with E-state index in [-0.39, 0.29) is 18.7 Å². The van der Waals surface area contributed by atoms with E-state index in [9.17, 15) is 18.0 Å². The fourth-order valence-electron chi connectivity index (χ4n) is 1.22. The zero-order chi connectivity index (χ0) is 11.9. The molecule has 1 rings (SSSR count). The van der Waals surface area contributed by atoms with Crippen molar-refractivity contribution in [1.29, 1.82) is 0 Å². The Balaban J connectivity index is 2.91. The molecule has 0 aromatic carbocycles. The molecule has 0 aromatic rings. The normalized spacial score (nSPS) is 20.7. The maximum absolute atomic E-state index is 11.4. The first-order valence-corrected chi connectivity index (χ1v) is 6.04. The van der Waals surface area contributed by atoms with Crippen molar-refractivity contribution in [2.75, 3.05) is 12.3 Å². The van der Waals surface area contributed by atoms with Crippen LogP contribution in [0.25, 0.3) is 0 Å². The molecule has 6 nitrogen and oxygen atoms in total. The minimum Gasteiger partial charge on any atom is -0.481 e. The maximum atomic E-state index is 11.4. The van der Waals surface area contributed by atoms with Gasteiger partial charge in [-0.05, 0) is 13.8 Å². The van der Waals surface area contributed by atoms with Crippen LogP contribution in [-0.2, 0) is 19.6 Å². The van der Waals surface area contributed by atoms with Crippen molar-refractivity contribution in [3.8, 4) is 0 Å². The molecule has 1 heterocycles. The van der Waals surface area contributed by atoms with E-state index in [0.29, 0.717) is 4.31 Å². The summed E-state index contributed by atoms with van der Waals surface area (Å²) in [4.78, 5) is 22.0. The van der Waals surface area contributed by atoms with Crippen LogP contribution in [0.1, 0.15) is 20.3 Å². The summed E-state index contributed by atoms with van der Waals surface area (Å²) >= 11 is 0. The van der Waals surface area contributed by atoms with Gasteiger partial charge >= 0.3 is 5.97 Å². The topological polar surface area (TPSA) is 91.8 Å². The van der Waals surface area contributed by atoms with Gasteiger partial charge in [0.1, 0.15) is 0 Å². The Morgan fingerprint density at radius 1 is 1.53 bits per heavy atom. The third-order valence-corrected chi connectivity index (χ3v) is 4.03. The largest absolute Gasteiger partial charge is 0.481 e. The molecule has 86 valence electrons. The van der Waals surface area contributed by atoms with Crippen molar-refractivity contribution in [1.82, 2.24) is 4.31 Å². The summed E-state index contributed by atoms with van der Waals surface area (Å²) in [5.74, 6) is -1.87. The molecule has 0 aliphatic carbocycles. The number of sulfonamides is 1. The molecule has 0 spiro atoms. The van der Waals surface area contributed by atoms with Gasteiger partial charge in [-0.1, -0.05) is 0 Å². The Kier molecular flexibility index (Phi) is 2.77. The summed E-state index contributed by atoms with van der Waals surface area (Å²) in [5.41, 5.74) is -1.26. The molecule has 0 aromatic heterocycles. The number of rotatable bonds is 3. The van der Waals surface area contributed by atoms with Gasteiger partial charge in [-0.3, -0.25) is 9.59 Å². The second-order valence-corrected chi connectivity index (χ2v) is 6.17. The zero-order valence-corrected chi connectivity index (χ0v) is 9.37. The van der Waals surface area contributed by atoms with E-state index in [2.05, 4.69) is 0 Å². The lowest BCUT2D eigenvalue weighted by Gasteiger charge is -2.25. The van der Waals surface area contributed by atoms with Crippen molar-refractivity contribution in [3.05, 3.63) is 0 Å². The number of carbonyl (C=O) groups is 2. The predicted molar refractivity (Wildman–Crippen MR) is 51.5 cm³/mol. The Morgan fingerprint density at radius 3 is 2.40 bits per heavy atom. The average molecular weight is 235 g/mol. The SMILES string of the molecule is CC(C)(CN1C(=O)CCS1(=O)=O)C(=O)O. The number of carboxylic acid groups (broad SMARTS) is 1. The highest BCUT2D eigenvalue weighted by molar-refractivity contribution is 7.90. The van der Waals surface area contributed by atoms with Gasteiger partial charge < -0.3 is 5.11 Å². The number of hydrogen-bond donors (Lipinski definition) is 1. The fourth-order valence-corrected chi connectivity index (χ4v) is 2.79. The summed E-state index contributed by atoms with van der Waals surface area (Å²) in [6, 6.07) is 0. The highest BCUT2D eigenvalue weighted by Crippen LogP contribution is 2.23. The van der Waals surface area contributed by atoms with E-state index in [1.807, 2.05) is 0 Å². The van der Waals surface area contributed by atoms with E-state index in [0.717, 1.165) is 0 Å². The number of nitrogens with zero attached hydrogens (tertiary/aromatic N) is 1. The van der Waals surface area contributed by atoms with E-state index in [4.69, 9.17) is 5.11 Å². The highest BCUT2D eigenvalue weighted by Gasteiger charge is 2.41. The Bertz CT molecular complexity index is 397. The minimum absolute atomic E-state index is 0.0575. The van der Waals surface area contributed by atoms with Gasteiger partial charge in [0, 0.05) is 6.42 Å². The number of aliphatic carboxylic acids is 1.